The Labute approximate surface area is 174 Å². The first kappa shape index (κ1) is 18.7. The number of hydrogen-bond donors (Lipinski definition) is 1. The highest BCUT2D eigenvalue weighted by Gasteiger charge is 2.35. The van der Waals surface area contributed by atoms with Crippen LogP contribution in [0.1, 0.15) is 35.7 Å². The van der Waals surface area contributed by atoms with Gasteiger partial charge in [0.25, 0.3) is 5.91 Å². The SMILES string of the molecule is CCCCSC1=NN2C(=c3cc(Br)ccc3=NC2c2ccc(C)s2)C(=O)N1. The van der Waals surface area contributed by atoms with E-state index in [4.69, 9.17) is 10.1 Å². The Hall–Kier alpha value is -1.64. The van der Waals surface area contributed by atoms with Crippen molar-refractivity contribution in [2.45, 2.75) is 32.9 Å². The van der Waals surface area contributed by atoms with Gasteiger partial charge in [-0.15, -0.1) is 16.4 Å². The van der Waals surface area contributed by atoms with E-state index in [0.717, 1.165) is 38.5 Å². The minimum atomic E-state index is -0.319. The Kier molecular flexibility index (Phi) is 5.39. The molecule has 0 aliphatic carbocycles. The van der Waals surface area contributed by atoms with Gasteiger partial charge in [0.05, 0.1) is 10.2 Å². The van der Waals surface area contributed by atoms with Gasteiger partial charge in [-0.3, -0.25) is 15.1 Å². The highest BCUT2D eigenvalue weighted by Crippen LogP contribution is 2.34. The van der Waals surface area contributed by atoms with Crippen molar-refractivity contribution < 1.29 is 4.79 Å². The fraction of sp³-hybridized carbons (Fsp3) is 0.316. The van der Waals surface area contributed by atoms with Crippen LogP contribution in [0.15, 0.2) is 44.9 Å². The summed E-state index contributed by atoms with van der Waals surface area (Å²) in [7, 11) is 0. The van der Waals surface area contributed by atoms with Gasteiger partial charge < -0.3 is 0 Å². The standard InChI is InChI=1S/C19H19BrN4OS2/c1-3-4-9-26-19-22-18(25)16-13-10-12(20)6-7-14(13)21-17(24(16)23-19)15-8-5-11(2)27-15/h5-8,10,17H,3-4,9H2,1-2H3,(H,22,23,25). The summed E-state index contributed by atoms with van der Waals surface area (Å²) in [6, 6.07) is 9.98. The molecule has 0 radical (unpaired) electrons. The maximum Gasteiger partial charge on any atom is 0.276 e. The van der Waals surface area contributed by atoms with Crippen molar-refractivity contribution in [1.29, 1.82) is 0 Å². The van der Waals surface area contributed by atoms with Crippen molar-refractivity contribution in [3.8, 4) is 0 Å². The lowest BCUT2D eigenvalue weighted by Crippen LogP contribution is -2.50. The molecule has 1 atom stereocenters. The number of fused-ring (bicyclic) bond motifs is 2. The molecule has 4 rings (SSSR count). The first-order valence-electron chi connectivity index (χ1n) is 8.83. The normalized spacial score (nSPS) is 18.4. The number of thiophene rings is 1. The number of aryl methyl sites for hydroxylation is 1. The van der Waals surface area contributed by atoms with Crippen molar-refractivity contribution in [1.82, 2.24) is 10.3 Å². The Bertz CT molecular complexity index is 1050. The van der Waals surface area contributed by atoms with Gasteiger partial charge in [0.2, 0.25) is 0 Å². The smallest absolute Gasteiger partial charge is 0.276 e. The fourth-order valence-electron chi connectivity index (χ4n) is 3.01. The van der Waals surface area contributed by atoms with E-state index < -0.39 is 0 Å². The van der Waals surface area contributed by atoms with Crippen LogP contribution < -0.4 is 15.9 Å². The number of nitrogens with zero attached hydrogens (tertiary/aromatic N) is 3. The highest BCUT2D eigenvalue weighted by molar-refractivity contribution is 9.10. The van der Waals surface area contributed by atoms with Gasteiger partial charge in [-0.1, -0.05) is 41.0 Å². The second-order valence-electron chi connectivity index (χ2n) is 6.37. The van der Waals surface area contributed by atoms with E-state index in [9.17, 15) is 4.79 Å². The number of unbranched alkanes of at least 4 members (excludes halogenated alkanes) is 1. The molecule has 1 unspecified atom stereocenters. The van der Waals surface area contributed by atoms with E-state index in [1.807, 2.05) is 18.2 Å². The molecule has 3 heterocycles. The lowest BCUT2D eigenvalue weighted by molar-refractivity contribution is -0.116. The molecule has 1 aromatic heterocycles. The van der Waals surface area contributed by atoms with Gasteiger partial charge in [0, 0.05) is 20.3 Å². The monoisotopic (exact) mass is 462 g/mol. The number of hydrazone groups is 1. The number of carbonyl (C=O) groups is 1. The fourth-order valence-corrected chi connectivity index (χ4v) is 5.21. The number of nitrogens with one attached hydrogen (secondary N) is 1. The van der Waals surface area contributed by atoms with Crippen LogP contribution in [0.3, 0.4) is 0 Å². The highest BCUT2D eigenvalue weighted by atomic mass is 79.9. The summed E-state index contributed by atoms with van der Waals surface area (Å²) >= 11 is 6.77. The van der Waals surface area contributed by atoms with E-state index in [-0.39, 0.29) is 12.1 Å². The van der Waals surface area contributed by atoms with Crippen LogP contribution in [0.5, 0.6) is 0 Å². The van der Waals surface area contributed by atoms with Crippen LogP contribution >= 0.6 is 39.0 Å². The van der Waals surface area contributed by atoms with Crippen molar-refractivity contribution in [2.24, 2.45) is 10.1 Å². The summed E-state index contributed by atoms with van der Waals surface area (Å²) in [5.74, 6) is 0.803. The summed E-state index contributed by atoms with van der Waals surface area (Å²) in [5.41, 5.74) is 0.553. The molecule has 1 N–H and O–H groups in total. The molecular formula is C19H19BrN4OS2. The van der Waals surface area contributed by atoms with E-state index in [0.29, 0.717) is 10.9 Å². The summed E-state index contributed by atoms with van der Waals surface area (Å²) in [5, 5.41) is 11.8. The Morgan fingerprint density at radius 1 is 1.33 bits per heavy atom. The van der Waals surface area contributed by atoms with Crippen molar-refractivity contribution in [2.75, 3.05) is 5.75 Å². The minimum Gasteiger partial charge on any atom is -0.298 e. The molecule has 1 aromatic carbocycles. The third kappa shape index (κ3) is 3.70. The van der Waals surface area contributed by atoms with Crippen LogP contribution in [-0.4, -0.2) is 21.8 Å². The molecule has 8 heteroatoms. The topological polar surface area (TPSA) is 57.1 Å². The average molecular weight is 463 g/mol. The first-order valence-corrected chi connectivity index (χ1v) is 11.4. The van der Waals surface area contributed by atoms with Gasteiger partial charge in [0.15, 0.2) is 11.3 Å². The zero-order valence-electron chi connectivity index (χ0n) is 15.0. The minimum absolute atomic E-state index is 0.128. The molecule has 0 saturated heterocycles. The van der Waals surface area contributed by atoms with Crippen LogP contribution in [0.4, 0.5) is 0 Å². The summed E-state index contributed by atoms with van der Waals surface area (Å²) < 4.78 is 0.911. The molecule has 27 heavy (non-hydrogen) atoms. The first-order chi connectivity index (χ1) is 13.1. The summed E-state index contributed by atoms with van der Waals surface area (Å²) in [6.07, 6.45) is 1.88. The third-order valence-corrected chi connectivity index (χ3v) is 6.81. The summed E-state index contributed by atoms with van der Waals surface area (Å²) in [6.45, 7) is 4.23. The molecular weight excluding hydrogens is 444 g/mol. The number of halogens is 1. The van der Waals surface area contributed by atoms with Crippen LogP contribution in [0.25, 0.3) is 5.70 Å². The third-order valence-electron chi connectivity index (χ3n) is 4.32. The van der Waals surface area contributed by atoms with Crippen LogP contribution in [-0.2, 0) is 4.79 Å². The predicted molar refractivity (Wildman–Crippen MR) is 115 cm³/mol. The molecule has 0 fully saturated rings. The number of carbonyl (C=O) groups excluding carboxylic acids is 1. The lowest BCUT2D eigenvalue weighted by atomic mass is 10.1. The molecule has 5 nitrogen and oxygen atoms in total. The van der Waals surface area contributed by atoms with Crippen LogP contribution in [0, 0.1) is 6.92 Å². The molecule has 1 amide bonds. The number of amidine groups is 1. The van der Waals surface area contributed by atoms with Gasteiger partial charge in [0.1, 0.15) is 5.70 Å². The molecule has 2 aliphatic rings. The largest absolute Gasteiger partial charge is 0.298 e. The number of amides is 1. The van der Waals surface area contributed by atoms with E-state index in [2.05, 4.69) is 47.2 Å². The zero-order chi connectivity index (χ0) is 19.0. The van der Waals surface area contributed by atoms with Crippen LogP contribution in [0.2, 0.25) is 0 Å². The molecule has 0 saturated carbocycles. The van der Waals surface area contributed by atoms with Gasteiger partial charge in [-0.2, -0.15) is 0 Å². The summed E-state index contributed by atoms with van der Waals surface area (Å²) in [4.78, 5) is 20.2. The Morgan fingerprint density at radius 3 is 2.93 bits per heavy atom. The van der Waals surface area contributed by atoms with Gasteiger partial charge >= 0.3 is 0 Å². The molecule has 2 aromatic rings. The van der Waals surface area contributed by atoms with Crippen molar-refractivity contribution in [3.05, 3.63) is 55.1 Å². The van der Waals surface area contributed by atoms with E-state index in [1.54, 1.807) is 28.1 Å². The average Bonchev–Trinajstić information content (AvgIpc) is 3.07. The second-order valence-corrected chi connectivity index (χ2v) is 9.69. The zero-order valence-corrected chi connectivity index (χ0v) is 18.2. The molecule has 0 spiro atoms. The lowest BCUT2D eigenvalue weighted by Gasteiger charge is -2.33. The van der Waals surface area contributed by atoms with Gasteiger partial charge in [-0.25, -0.2) is 5.01 Å². The maximum absolute atomic E-state index is 13.0. The quantitative estimate of drug-likeness (QED) is 0.707. The maximum atomic E-state index is 13.0. The number of thioether (sulfide) groups is 1. The van der Waals surface area contributed by atoms with E-state index >= 15 is 0 Å². The Balaban J connectivity index is 1.85. The Morgan fingerprint density at radius 2 is 2.19 bits per heavy atom. The van der Waals surface area contributed by atoms with Crippen molar-refractivity contribution in [3.63, 3.8) is 0 Å². The molecule has 2 aliphatic heterocycles. The van der Waals surface area contributed by atoms with E-state index in [1.165, 1.54) is 4.88 Å². The number of hydrogen-bond acceptors (Lipinski definition) is 6. The number of rotatable bonds is 4. The second kappa shape index (κ2) is 7.77. The molecule has 0 bridgehead atoms. The predicted octanol–water partition coefficient (Wildman–Crippen LogP) is 3.50. The van der Waals surface area contributed by atoms with Gasteiger partial charge in [-0.05, 0) is 43.7 Å². The number of benzene rings is 1. The van der Waals surface area contributed by atoms with Crippen molar-refractivity contribution >= 4 is 55.8 Å². The molecule has 140 valence electrons.